The monoisotopic (exact) mass is 170 g/mol. The summed E-state index contributed by atoms with van der Waals surface area (Å²) in [6, 6.07) is 0. The average Bonchev–Trinajstić information content (AvgIpc) is 2.04. The summed E-state index contributed by atoms with van der Waals surface area (Å²) in [4.78, 5) is 21.1. The summed E-state index contributed by atoms with van der Waals surface area (Å²) in [5.41, 5.74) is 0. The standard InChI is InChI=1S/C8H10O4/c9-7(10)5-3-1-2-4-6(5)8(11)12/h1-2,5-6H,3-4H2,(H,9,10)(H,11,12)/t5-,6+. The topological polar surface area (TPSA) is 74.6 Å². The van der Waals surface area contributed by atoms with Crippen molar-refractivity contribution < 1.29 is 19.8 Å². The lowest BCUT2D eigenvalue weighted by Gasteiger charge is -2.20. The van der Waals surface area contributed by atoms with Crippen LogP contribution in [0.4, 0.5) is 0 Å². The number of hydrogen-bond acceptors (Lipinski definition) is 2. The first-order chi connectivity index (χ1) is 5.63. The van der Waals surface area contributed by atoms with Gasteiger partial charge in [0.1, 0.15) is 0 Å². The average molecular weight is 170 g/mol. The third kappa shape index (κ3) is 1.64. The second kappa shape index (κ2) is 3.38. The van der Waals surface area contributed by atoms with Gasteiger partial charge in [0, 0.05) is 0 Å². The molecule has 0 aromatic heterocycles. The Balaban J connectivity index is 2.76. The molecule has 0 aliphatic heterocycles. The molecule has 2 atom stereocenters. The summed E-state index contributed by atoms with van der Waals surface area (Å²) in [5, 5.41) is 17.3. The number of carboxylic acid groups (broad SMARTS) is 2. The third-order valence-electron chi connectivity index (χ3n) is 2.07. The Hall–Kier alpha value is -1.32. The van der Waals surface area contributed by atoms with Gasteiger partial charge in [-0.25, -0.2) is 0 Å². The smallest absolute Gasteiger partial charge is 0.307 e. The van der Waals surface area contributed by atoms with Crippen LogP contribution in [0.3, 0.4) is 0 Å². The number of carboxylic acids is 2. The van der Waals surface area contributed by atoms with Crippen LogP contribution in [-0.2, 0) is 9.59 Å². The van der Waals surface area contributed by atoms with Crippen molar-refractivity contribution in [1.82, 2.24) is 0 Å². The number of aliphatic carboxylic acids is 2. The van der Waals surface area contributed by atoms with E-state index in [2.05, 4.69) is 0 Å². The molecule has 0 aromatic carbocycles. The maximum absolute atomic E-state index is 10.6. The van der Waals surface area contributed by atoms with E-state index in [1.165, 1.54) is 0 Å². The predicted octanol–water partition coefficient (Wildman–Crippen LogP) is 0.738. The molecule has 12 heavy (non-hydrogen) atoms. The van der Waals surface area contributed by atoms with Crippen LogP contribution in [-0.4, -0.2) is 22.2 Å². The lowest BCUT2D eigenvalue weighted by molar-refractivity contribution is -0.153. The maximum Gasteiger partial charge on any atom is 0.307 e. The van der Waals surface area contributed by atoms with Gasteiger partial charge < -0.3 is 10.2 Å². The van der Waals surface area contributed by atoms with Crippen LogP contribution < -0.4 is 0 Å². The molecular formula is C8H10O4. The summed E-state index contributed by atoms with van der Waals surface area (Å²) in [7, 11) is 0. The highest BCUT2D eigenvalue weighted by Gasteiger charge is 2.33. The number of allylic oxidation sites excluding steroid dienone is 2. The fraction of sp³-hybridized carbons (Fsp3) is 0.500. The van der Waals surface area contributed by atoms with Crippen LogP contribution in [0.5, 0.6) is 0 Å². The van der Waals surface area contributed by atoms with Gasteiger partial charge in [0.25, 0.3) is 0 Å². The van der Waals surface area contributed by atoms with Crippen molar-refractivity contribution in [2.24, 2.45) is 11.8 Å². The maximum atomic E-state index is 10.6. The van der Waals surface area contributed by atoms with Crippen molar-refractivity contribution in [2.75, 3.05) is 0 Å². The first-order valence-corrected chi connectivity index (χ1v) is 3.73. The summed E-state index contributed by atoms with van der Waals surface area (Å²) < 4.78 is 0. The molecule has 0 radical (unpaired) electrons. The summed E-state index contributed by atoms with van der Waals surface area (Å²) >= 11 is 0. The van der Waals surface area contributed by atoms with Crippen molar-refractivity contribution in [3.05, 3.63) is 12.2 Å². The molecule has 0 unspecified atom stereocenters. The molecule has 0 bridgehead atoms. The van der Waals surface area contributed by atoms with Crippen LogP contribution in [0.2, 0.25) is 0 Å². The minimum atomic E-state index is -1.02. The largest absolute Gasteiger partial charge is 0.481 e. The molecule has 0 heterocycles. The van der Waals surface area contributed by atoms with Crippen molar-refractivity contribution in [2.45, 2.75) is 12.8 Å². The number of rotatable bonds is 2. The van der Waals surface area contributed by atoms with Gasteiger partial charge in [-0.15, -0.1) is 0 Å². The Bertz CT molecular complexity index is 207. The molecule has 1 aliphatic rings. The van der Waals surface area contributed by atoms with E-state index in [-0.39, 0.29) is 0 Å². The molecule has 1 rings (SSSR count). The van der Waals surface area contributed by atoms with Gasteiger partial charge in [-0.3, -0.25) is 9.59 Å². The molecule has 0 saturated heterocycles. The fourth-order valence-electron chi connectivity index (χ4n) is 1.36. The van der Waals surface area contributed by atoms with Gasteiger partial charge in [0.15, 0.2) is 0 Å². The Kier molecular flexibility index (Phi) is 2.47. The highest BCUT2D eigenvalue weighted by molar-refractivity contribution is 5.80. The molecule has 4 heteroatoms. The SMILES string of the molecule is O=C(O)[C@H]1CC=CC[C@H]1C(=O)O. The fourth-order valence-corrected chi connectivity index (χ4v) is 1.36. The Morgan fingerprint density at radius 3 is 1.58 bits per heavy atom. The molecular weight excluding hydrogens is 160 g/mol. The second-order valence-corrected chi connectivity index (χ2v) is 2.83. The third-order valence-corrected chi connectivity index (χ3v) is 2.07. The molecule has 4 nitrogen and oxygen atoms in total. The summed E-state index contributed by atoms with van der Waals surface area (Å²) in [5.74, 6) is -3.56. The van der Waals surface area contributed by atoms with E-state index in [9.17, 15) is 9.59 Å². The van der Waals surface area contributed by atoms with Crippen molar-refractivity contribution >= 4 is 11.9 Å². The normalized spacial score (nSPS) is 28.3. The van der Waals surface area contributed by atoms with Crippen LogP contribution in [0, 0.1) is 11.8 Å². The molecule has 1 aliphatic carbocycles. The lowest BCUT2D eigenvalue weighted by Crippen LogP contribution is -2.30. The van der Waals surface area contributed by atoms with E-state index in [1.807, 2.05) is 0 Å². The predicted molar refractivity (Wildman–Crippen MR) is 40.6 cm³/mol. The molecule has 0 saturated carbocycles. The van der Waals surface area contributed by atoms with Gasteiger partial charge in [-0.2, -0.15) is 0 Å². The zero-order valence-electron chi connectivity index (χ0n) is 6.43. The first-order valence-electron chi connectivity index (χ1n) is 3.73. The van der Waals surface area contributed by atoms with Crippen molar-refractivity contribution in [1.29, 1.82) is 0 Å². The zero-order valence-corrected chi connectivity index (χ0v) is 6.43. The minimum Gasteiger partial charge on any atom is -0.481 e. The van der Waals surface area contributed by atoms with Crippen LogP contribution in [0.25, 0.3) is 0 Å². The van der Waals surface area contributed by atoms with E-state index >= 15 is 0 Å². The van der Waals surface area contributed by atoms with Crippen molar-refractivity contribution in [3.63, 3.8) is 0 Å². The van der Waals surface area contributed by atoms with E-state index in [0.29, 0.717) is 12.8 Å². The van der Waals surface area contributed by atoms with Gasteiger partial charge in [-0.05, 0) is 12.8 Å². The number of hydrogen-bond donors (Lipinski definition) is 2. The van der Waals surface area contributed by atoms with Gasteiger partial charge in [0.05, 0.1) is 11.8 Å². The van der Waals surface area contributed by atoms with Crippen molar-refractivity contribution in [3.8, 4) is 0 Å². The minimum absolute atomic E-state index is 0.326. The van der Waals surface area contributed by atoms with E-state index < -0.39 is 23.8 Å². The molecule has 0 aromatic rings. The van der Waals surface area contributed by atoms with Crippen LogP contribution >= 0.6 is 0 Å². The summed E-state index contributed by atoms with van der Waals surface area (Å²) in [6.07, 6.45) is 4.09. The highest BCUT2D eigenvalue weighted by atomic mass is 16.4. The van der Waals surface area contributed by atoms with Gasteiger partial charge in [-0.1, -0.05) is 12.2 Å². The Morgan fingerprint density at radius 2 is 1.33 bits per heavy atom. The van der Waals surface area contributed by atoms with E-state index in [4.69, 9.17) is 10.2 Å². The zero-order chi connectivity index (χ0) is 9.14. The van der Waals surface area contributed by atoms with E-state index in [0.717, 1.165) is 0 Å². The molecule has 0 fully saturated rings. The second-order valence-electron chi connectivity index (χ2n) is 2.83. The van der Waals surface area contributed by atoms with Gasteiger partial charge in [0.2, 0.25) is 0 Å². The van der Waals surface area contributed by atoms with Crippen LogP contribution in [0.1, 0.15) is 12.8 Å². The Labute approximate surface area is 69.5 Å². The highest BCUT2D eigenvalue weighted by Crippen LogP contribution is 2.25. The Morgan fingerprint density at radius 1 is 1.00 bits per heavy atom. The van der Waals surface area contributed by atoms with E-state index in [1.54, 1.807) is 12.2 Å². The quantitative estimate of drug-likeness (QED) is 0.599. The van der Waals surface area contributed by atoms with Crippen LogP contribution in [0.15, 0.2) is 12.2 Å². The molecule has 0 spiro atoms. The summed E-state index contributed by atoms with van der Waals surface area (Å²) in [6.45, 7) is 0. The molecule has 66 valence electrons. The van der Waals surface area contributed by atoms with Gasteiger partial charge >= 0.3 is 11.9 Å². The first kappa shape index (κ1) is 8.77. The molecule has 2 N–H and O–H groups in total. The lowest BCUT2D eigenvalue weighted by atomic mass is 9.83. The molecule has 0 amide bonds. The number of carbonyl (C=O) groups is 2.